The molecule has 0 atom stereocenters. The fourth-order valence-corrected chi connectivity index (χ4v) is 2.26. The Labute approximate surface area is 107 Å². The summed E-state index contributed by atoms with van der Waals surface area (Å²) in [7, 11) is 0. The first kappa shape index (κ1) is 12.8. The molecule has 1 aromatic carbocycles. The number of carbonyl (C=O) groups is 2. The van der Waals surface area contributed by atoms with E-state index in [1.54, 1.807) is 24.3 Å². The van der Waals surface area contributed by atoms with Gasteiger partial charge in [-0.3, -0.25) is 4.79 Å². The van der Waals surface area contributed by atoms with Crippen molar-refractivity contribution in [1.82, 2.24) is 0 Å². The molecule has 0 saturated heterocycles. The Morgan fingerprint density at radius 1 is 1.17 bits per heavy atom. The summed E-state index contributed by atoms with van der Waals surface area (Å²) >= 11 is 0. The lowest BCUT2D eigenvalue weighted by atomic mass is 9.89. The van der Waals surface area contributed by atoms with Crippen LogP contribution in [0.1, 0.15) is 53.3 Å². The number of hydrogen-bond donors (Lipinski definition) is 0. The van der Waals surface area contributed by atoms with Gasteiger partial charge in [0.05, 0.1) is 5.56 Å². The minimum absolute atomic E-state index is 0.0550. The van der Waals surface area contributed by atoms with Crippen LogP contribution in [0.5, 0.6) is 0 Å². The number of ether oxygens (including phenoxy) is 1. The highest BCUT2D eigenvalue weighted by atomic mass is 16.5. The normalized spacial score (nSPS) is 23.4. The molecular weight excluding hydrogens is 228 g/mol. The number of rotatable bonds is 3. The number of aldehydes is 1. The molecule has 1 aromatic rings. The predicted octanol–water partition coefficient (Wildman–Crippen LogP) is 3.23. The average Bonchev–Trinajstić information content (AvgIpc) is 2.41. The molecule has 0 aliphatic heterocycles. The van der Waals surface area contributed by atoms with Crippen LogP contribution in [0, 0.1) is 5.92 Å². The molecule has 0 bridgehead atoms. The Morgan fingerprint density at radius 3 is 2.33 bits per heavy atom. The van der Waals surface area contributed by atoms with Gasteiger partial charge in [0.2, 0.25) is 0 Å². The van der Waals surface area contributed by atoms with Gasteiger partial charge < -0.3 is 4.74 Å². The third-order valence-corrected chi connectivity index (χ3v) is 3.52. The van der Waals surface area contributed by atoms with Crippen molar-refractivity contribution in [1.29, 1.82) is 0 Å². The molecule has 2 rings (SSSR count). The van der Waals surface area contributed by atoms with Crippen molar-refractivity contribution < 1.29 is 14.3 Å². The van der Waals surface area contributed by atoms with E-state index >= 15 is 0 Å². The molecule has 0 radical (unpaired) electrons. The van der Waals surface area contributed by atoms with Gasteiger partial charge in [-0.2, -0.15) is 0 Å². The topological polar surface area (TPSA) is 43.4 Å². The van der Waals surface area contributed by atoms with Crippen LogP contribution < -0.4 is 0 Å². The second kappa shape index (κ2) is 5.80. The highest BCUT2D eigenvalue weighted by molar-refractivity contribution is 5.90. The van der Waals surface area contributed by atoms with Crippen LogP contribution in [0.4, 0.5) is 0 Å². The average molecular weight is 246 g/mol. The lowest BCUT2D eigenvalue weighted by Crippen LogP contribution is -2.23. The quantitative estimate of drug-likeness (QED) is 0.607. The SMILES string of the molecule is CC1CCC(OC(=O)c2ccc(C=O)cc2)CC1. The number of carbonyl (C=O) groups excluding carboxylic acids is 2. The zero-order valence-corrected chi connectivity index (χ0v) is 10.6. The van der Waals surface area contributed by atoms with Crippen LogP contribution in [0.2, 0.25) is 0 Å². The molecule has 0 heterocycles. The zero-order valence-electron chi connectivity index (χ0n) is 10.6. The lowest BCUT2D eigenvalue weighted by Gasteiger charge is -2.25. The van der Waals surface area contributed by atoms with Crippen LogP contribution in [-0.2, 0) is 4.74 Å². The van der Waals surface area contributed by atoms with E-state index in [0.717, 1.165) is 37.9 Å². The number of hydrogen-bond acceptors (Lipinski definition) is 3. The Bertz CT molecular complexity index is 414. The van der Waals surface area contributed by atoms with Crippen LogP contribution in [-0.4, -0.2) is 18.4 Å². The summed E-state index contributed by atoms with van der Waals surface area (Å²) in [4.78, 5) is 22.4. The van der Waals surface area contributed by atoms with E-state index in [-0.39, 0.29) is 12.1 Å². The minimum atomic E-state index is -0.285. The summed E-state index contributed by atoms with van der Waals surface area (Å²) in [6.07, 6.45) is 4.99. The molecule has 0 aromatic heterocycles. The molecule has 18 heavy (non-hydrogen) atoms. The fourth-order valence-electron chi connectivity index (χ4n) is 2.26. The molecule has 0 N–H and O–H groups in total. The molecule has 0 amide bonds. The Morgan fingerprint density at radius 2 is 1.78 bits per heavy atom. The first-order chi connectivity index (χ1) is 8.69. The molecule has 3 heteroatoms. The largest absolute Gasteiger partial charge is 0.459 e. The van der Waals surface area contributed by atoms with Gasteiger partial charge in [0, 0.05) is 5.56 Å². The van der Waals surface area contributed by atoms with E-state index in [1.165, 1.54) is 0 Å². The summed E-state index contributed by atoms with van der Waals surface area (Å²) in [6, 6.07) is 6.54. The van der Waals surface area contributed by atoms with Crippen molar-refractivity contribution >= 4 is 12.3 Å². The molecule has 0 unspecified atom stereocenters. The van der Waals surface area contributed by atoms with Crippen molar-refractivity contribution in [3.8, 4) is 0 Å². The summed E-state index contributed by atoms with van der Waals surface area (Å²) in [5.74, 6) is 0.457. The predicted molar refractivity (Wildman–Crippen MR) is 68.7 cm³/mol. The van der Waals surface area contributed by atoms with E-state index in [9.17, 15) is 9.59 Å². The van der Waals surface area contributed by atoms with E-state index in [2.05, 4.69) is 6.92 Å². The summed E-state index contributed by atoms with van der Waals surface area (Å²) in [6.45, 7) is 2.23. The van der Waals surface area contributed by atoms with Crippen molar-refractivity contribution in [2.45, 2.75) is 38.7 Å². The molecule has 96 valence electrons. The van der Waals surface area contributed by atoms with Crippen molar-refractivity contribution in [3.63, 3.8) is 0 Å². The molecule has 1 fully saturated rings. The summed E-state index contributed by atoms with van der Waals surface area (Å²) in [5.41, 5.74) is 1.08. The highest BCUT2D eigenvalue weighted by Gasteiger charge is 2.21. The van der Waals surface area contributed by atoms with E-state index in [1.807, 2.05) is 0 Å². The second-order valence-corrected chi connectivity index (χ2v) is 5.03. The highest BCUT2D eigenvalue weighted by Crippen LogP contribution is 2.26. The third kappa shape index (κ3) is 3.19. The van der Waals surface area contributed by atoms with E-state index < -0.39 is 0 Å². The minimum Gasteiger partial charge on any atom is -0.459 e. The van der Waals surface area contributed by atoms with Gasteiger partial charge in [0.15, 0.2) is 0 Å². The maximum absolute atomic E-state index is 11.9. The standard InChI is InChI=1S/C15H18O3/c1-11-2-8-14(9-3-11)18-15(17)13-6-4-12(10-16)5-7-13/h4-7,10-11,14H,2-3,8-9H2,1H3. The maximum Gasteiger partial charge on any atom is 0.338 e. The fraction of sp³-hybridized carbons (Fsp3) is 0.467. The molecule has 1 saturated carbocycles. The monoisotopic (exact) mass is 246 g/mol. The maximum atomic E-state index is 11.9. The van der Waals surface area contributed by atoms with Crippen molar-refractivity contribution in [2.75, 3.05) is 0 Å². The number of esters is 1. The van der Waals surface area contributed by atoms with Crippen molar-refractivity contribution in [3.05, 3.63) is 35.4 Å². The first-order valence-corrected chi connectivity index (χ1v) is 6.45. The van der Waals surface area contributed by atoms with Gasteiger partial charge in [-0.15, -0.1) is 0 Å². The molecule has 0 spiro atoms. The van der Waals surface area contributed by atoms with E-state index in [4.69, 9.17) is 4.74 Å². The molecular formula is C15H18O3. The van der Waals surface area contributed by atoms with Crippen LogP contribution in [0.25, 0.3) is 0 Å². The molecule has 1 aliphatic rings. The Balaban J connectivity index is 1.92. The van der Waals surface area contributed by atoms with Gasteiger partial charge in [0.25, 0.3) is 0 Å². The third-order valence-electron chi connectivity index (χ3n) is 3.52. The van der Waals surface area contributed by atoms with Crippen LogP contribution >= 0.6 is 0 Å². The van der Waals surface area contributed by atoms with Gasteiger partial charge >= 0.3 is 5.97 Å². The molecule has 1 aliphatic carbocycles. The van der Waals surface area contributed by atoms with Gasteiger partial charge in [-0.25, -0.2) is 4.79 Å². The first-order valence-electron chi connectivity index (χ1n) is 6.45. The molecule has 3 nitrogen and oxygen atoms in total. The van der Waals surface area contributed by atoms with Gasteiger partial charge in [-0.1, -0.05) is 19.1 Å². The van der Waals surface area contributed by atoms with Crippen molar-refractivity contribution in [2.24, 2.45) is 5.92 Å². The van der Waals surface area contributed by atoms with E-state index in [0.29, 0.717) is 11.1 Å². The lowest BCUT2D eigenvalue weighted by molar-refractivity contribution is 0.0173. The van der Waals surface area contributed by atoms with Gasteiger partial charge in [0.1, 0.15) is 12.4 Å². The summed E-state index contributed by atoms with van der Waals surface area (Å²) < 4.78 is 5.47. The number of benzene rings is 1. The Kier molecular flexibility index (Phi) is 4.13. The second-order valence-electron chi connectivity index (χ2n) is 5.03. The van der Waals surface area contributed by atoms with Crippen LogP contribution in [0.15, 0.2) is 24.3 Å². The Hall–Kier alpha value is -1.64. The summed E-state index contributed by atoms with van der Waals surface area (Å²) in [5, 5.41) is 0. The van der Waals surface area contributed by atoms with Crippen LogP contribution in [0.3, 0.4) is 0 Å². The zero-order chi connectivity index (χ0) is 13.0. The van der Waals surface area contributed by atoms with Gasteiger partial charge in [-0.05, 0) is 43.7 Å². The smallest absolute Gasteiger partial charge is 0.338 e.